The monoisotopic (exact) mass is 259 g/mol. The van der Waals surface area contributed by atoms with Crippen LogP contribution in [0.2, 0.25) is 0 Å². The lowest BCUT2D eigenvalue weighted by Crippen LogP contribution is -2.24. The van der Waals surface area contributed by atoms with E-state index >= 15 is 0 Å². The summed E-state index contributed by atoms with van der Waals surface area (Å²) in [6, 6.07) is 8.27. The number of imidazole rings is 1. The van der Waals surface area contributed by atoms with Crippen molar-refractivity contribution in [1.82, 2.24) is 9.13 Å². The van der Waals surface area contributed by atoms with Crippen molar-refractivity contribution in [2.75, 3.05) is 6.54 Å². The molecule has 4 heteroatoms. The van der Waals surface area contributed by atoms with E-state index in [-0.39, 0.29) is 11.7 Å². The van der Waals surface area contributed by atoms with Crippen LogP contribution in [0.25, 0.3) is 5.69 Å². The number of benzene rings is 1. The third kappa shape index (κ3) is 2.96. The zero-order valence-electron chi connectivity index (χ0n) is 11.5. The van der Waals surface area contributed by atoms with Crippen molar-refractivity contribution in [2.24, 2.45) is 5.73 Å². The standard InChI is InChI=1S/C15H21N3O/c1-12(2)17-10-11-18(15(17)19)14-7-5-13(6-8-14)4-3-9-16/h5-8,10-12H,3-4,9,16H2,1-2H3. The Hall–Kier alpha value is -1.81. The van der Waals surface area contributed by atoms with Crippen LogP contribution in [0.15, 0.2) is 41.5 Å². The van der Waals surface area contributed by atoms with Crippen LogP contribution >= 0.6 is 0 Å². The van der Waals surface area contributed by atoms with Crippen LogP contribution in [0.3, 0.4) is 0 Å². The Labute approximate surface area is 113 Å². The van der Waals surface area contributed by atoms with Crippen molar-refractivity contribution in [3.63, 3.8) is 0 Å². The highest BCUT2D eigenvalue weighted by molar-refractivity contribution is 5.34. The Morgan fingerprint density at radius 2 is 1.84 bits per heavy atom. The lowest BCUT2D eigenvalue weighted by atomic mass is 10.1. The van der Waals surface area contributed by atoms with Gasteiger partial charge in [0.2, 0.25) is 0 Å². The van der Waals surface area contributed by atoms with Gasteiger partial charge >= 0.3 is 5.69 Å². The van der Waals surface area contributed by atoms with E-state index in [4.69, 9.17) is 5.73 Å². The summed E-state index contributed by atoms with van der Waals surface area (Å²) in [6.45, 7) is 4.71. The molecular weight excluding hydrogens is 238 g/mol. The minimum atomic E-state index is 0.00436. The van der Waals surface area contributed by atoms with Gasteiger partial charge in [-0.3, -0.25) is 9.13 Å². The summed E-state index contributed by atoms with van der Waals surface area (Å²) in [4.78, 5) is 12.2. The van der Waals surface area contributed by atoms with Gasteiger partial charge in [-0.2, -0.15) is 0 Å². The highest BCUT2D eigenvalue weighted by atomic mass is 16.1. The van der Waals surface area contributed by atoms with Crippen molar-refractivity contribution in [3.8, 4) is 5.69 Å². The van der Waals surface area contributed by atoms with E-state index in [0.717, 1.165) is 18.5 Å². The van der Waals surface area contributed by atoms with Crippen molar-refractivity contribution in [1.29, 1.82) is 0 Å². The molecule has 0 radical (unpaired) electrons. The first-order valence-electron chi connectivity index (χ1n) is 6.72. The van der Waals surface area contributed by atoms with Crippen LogP contribution in [0.4, 0.5) is 0 Å². The van der Waals surface area contributed by atoms with E-state index in [9.17, 15) is 4.79 Å². The Morgan fingerprint density at radius 1 is 1.16 bits per heavy atom. The van der Waals surface area contributed by atoms with Gasteiger partial charge in [0.1, 0.15) is 0 Å². The average Bonchev–Trinajstić information content (AvgIpc) is 2.79. The fourth-order valence-electron chi connectivity index (χ4n) is 2.11. The van der Waals surface area contributed by atoms with Gasteiger partial charge in [-0.15, -0.1) is 0 Å². The van der Waals surface area contributed by atoms with E-state index < -0.39 is 0 Å². The molecule has 19 heavy (non-hydrogen) atoms. The van der Waals surface area contributed by atoms with Crippen LogP contribution in [0.1, 0.15) is 31.9 Å². The molecule has 0 aliphatic heterocycles. The first-order chi connectivity index (χ1) is 9.13. The zero-order valence-corrected chi connectivity index (χ0v) is 11.5. The fraction of sp³-hybridized carbons (Fsp3) is 0.400. The molecule has 0 amide bonds. The molecule has 0 bridgehead atoms. The molecule has 0 fully saturated rings. The summed E-state index contributed by atoms with van der Waals surface area (Å²) in [6.07, 6.45) is 5.62. The van der Waals surface area contributed by atoms with Crippen molar-refractivity contribution >= 4 is 0 Å². The van der Waals surface area contributed by atoms with Gasteiger partial charge in [0.25, 0.3) is 0 Å². The maximum atomic E-state index is 12.2. The summed E-state index contributed by atoms with van der Waals surface area (Å²) in [7, 11) is 0. The second kappa shape index (κ2) is 5.89. The van der Waals surface area contributed by atoms with E-state index in [1.165, 1.54) is 5.56 Å². The van der Waals surface area contributed by atoms with E-state index in [2.05, 4.69) is 12.1 Å². The fourth-order valence-corrected chi connectivity index (χ4v) is 2.11. The maximum absolute atomic E-state index is 12.2. The molecule has 1 heterocycles. The number of rotatable bonds is 5. The molecule has 0 saturated carbocycles. The predicted octanol–water partition coefficient (Wildman–Crippen LogP) is 2.11. The predicted molar refractivity (Wildman–Crippen MR) is 77.8 cm³/mol. The van der Waals surface area contributed by atoms with Gasteiger partial charge in [-0.05, 0) is 50.9 Å². The molecule has 0 spiro atoms. The second-order valence-corrected chi connectivity index (χ2v) is 5.01. The van der Waals surface area contributed by atoms with E-state index in [0.29, 0.717) is 6.54 Å². The number of nitrogens with two attached hydrogens (primary N) is 1. The van der Waals surface area contributed by atoms with Crippen LogP contribution in [0, 0.1) is 0 Å². The van der Waals surface area contributed by atoms with Gasteiger partial charge < -0.3 is 5.73 Å². The number of nitrogens with zero attached hydrogens (tertiary/aromatic N) is 2. The zero-order chi connectivity index (χ0) is 13.8. The van der Waals surface area contributed by atoms with Gasteiger partial charge in [0.05, 0.1) is 5.69 Å². The first kappa shape index (κ1) is 13.6. The van der Waals surface area contributed by atoms with Gasteiger partial charge in [0, 0.05) is 18.4 Å². The molecule has 0 aliphatic carbocycles. The van der Waals surface area contributed by atoms with Crippen molar-refractivity contribution < 1.29 is 0 Å². The van der Waals surface area contributed by atoms with Crippen molar-refractivity contribution in [3.05, 3.63) is 52.7 Å². The smallest absolute Gasteiger partial charge is 0.330 e. The van der Waals surface area contributed by atoms with Crippen LogP contribution in [0.5, 0.6) is 0 Å². The molecule has 2 rings (SSSR count). The summed E-state index contributed by atoms with van der Waals surface area (Å²) >= 11 is 0. The number of hydrogen-bond donors (Lipinski definition) is 1. The molecule has 1 aromatic heterocycles. The molecule has 0 aliphatic rings. The number of aromatic nitrogens is 2. The Morgan fingerprint density at radius 3 is 2.37 bits per heavy atom. The first-order valence-corrected chi connectivity index (χ1v) is 6.72. The highest BCUT2D eigenvalue weighted by Crippen LogP contribution is 2.10. The van der Waals surface area contributed by atoms with Crippen LogP contribution < -0.4 is 11.4 Å². The van der Waals surface area contributed by atoms with Gasteiger partial charge in [0.15, 0.2) is 0 Å². The molecular formula is C15H21N3O. The minimum Gasteiger partial charge on any atom is -0.330 e. The number of hydrogen-bond acceptors (Lipinski definition) is 2. The summed E-state index contributed by atoms with van der Waals surface area (Å²) in [5.74, 6) is 0. The molecule has 1 aromatic carbocycles. The Bertz CT molecular complexity index is 578. The molecule has 0 saturated heterocycles. The van der Waals surface area contributed by atoms with Crippen molar-refractivity contribution in [2.45, 2.75) is 32.7 Å². The minimum absolute atomic E-state index is 0.00436. The molecule has 2 N–H and O–H groups in total. The largest absolute Gasteiger partial charge is 0.332 e. The summed E-state index contributed by atoms with van der Waals surface area (Å²) in [5.41, 5.74) is 7.66. The lowest BCUT2D eigenvalue weighted by Gasteiger charge is -2.06. The second-order valence-electron chi connectivity index (χ2n) is 5.01. The molecule has 0 atom stereocenters. The lowest BCUT2D eigenvalue weighted by molar-refractivity contribution is 0.574. The van der Waals surface area contributed by atoms with Crippen LogP contribution in [-0.4, -0.2) is 15.7 Å². The summed E-state index contributed by atoms with van der Waals surface area (Å²) in [5, 5.41) is 0. The third-order valence-electron chi connectivity index (χ3n) is 3.24. The normalized spacial score (nSPS) is 11.2. The number of aryl methyl sites for hydroxylation is 1. The quantitative estimate of drug-likeness (QED) is 0.894. The maximum Gasteiger partial charge on any atom is 0.332 e. The average molecular weight is 259 g/mol. The molecule has 2 aromatic rings. The van der Waals surface area contributed by atoms with E-state index in [1.807, 2.05) is 38.4 Å². The molecule has 0 unspecified atom stereocenters. The molecule has 102 valence electrons. The van der Waals surface area contributed by atoms with Gasteiger partial charge in [-0.25, -0.2) is 4.79 Å². The van der Waals surface area contributed by atoms with Crippen LogP contribution in [-0.2, 0) is 6.42 Å². The Kier molecular flexibility index (Phi) is 4.22. The highest BCUT2D eigenvalue weighted by Gasteiger charge is 2.07. The Balaban J connectivity index is 2.25. The molecule has 4 nitrogen and oxygen atoms in total. The SMILES string of the molecule is CC(C)n1ccn(-c2ccc(CCCN)cc2)c1=O. The van der Waals surface area contributed by atoms with Gasteiger partial charge in [-0.1, -0.05) is 12.1 Å². The topological polar surface area (TPSA) is 52.9 Å². The van der Waals surface area contributed by atoms with E-state index in [1.54, 1.807) is 9.13 Å². The summed E-state index contributed by atoms with van der Waals surface area (Å²) < 4.78 is 3.40. The third-order valence-corrected chi connectivity index (χ3v) is 3.24.